The number of aromatic nitrogens is 5. The first-order valence-electron chi connectivity index (χ1n) is 11.5. The van der Waals surface area contributed by atoms with E-state index in [1.807, 2.05) is 13.8 Å². The Kier molecular flexibility index (Phi) is 7.00. The summed E-state index contributed by atoms with van der Waals surface area (Å²) in [6.45, 7) is 4.46. The number of methoxy groups -OCH3 is 1. The molecule has 12 heteroatoms. The topological polar surface area (TPSA) is 90.0 Å². The summed E-state index contributed by atoms with van der Waals surface area (Å²) in [7, 11) is 4.99. The minimum absolute atomic E-state index is 0.118. The molecule has 0 radical (unpaired) electrons. The minimum atomic E-state index is -4.42. The van der Waals surface area contributed by atoms with Gasteiger partial charge in [-0.15, -0.1) is 0 Å². The summed E-state index contributed by atoms with van der Waals surface area (Å²) in [6, 6.07) is 3.33. The zero-order chi connectivity index (χ0) is 27.3. The number of benzene rings is 1. The van der Waals surface area contributed by atoms with Crippen molar-refractivity contribution in [2.24, 2.45) is 14.1 Å². The molecule has 1 atom stereocenters. The monoisotopic (exact) mass is 536 g/mol. The number of fused-ring (bicyclic) bond motifs is 1. The summed E-state index contributed by atoms with van der Waals surface area (Å²) in [6.07, 6.45) is -1.22. The van der Waals surface area contributed by atoms with Gasteiger partial charge in [-0.3, -0.25) is 0 Å². The van der Waals surface area contributed by atoms with Crippen LogP contribution in [-0.2, 0) is 26.2 Å². The van der Waals surface area contributed by atoms with Gasteiger partial charge < -0.3 is 24.3 Å². The lowest BCUT2D eigenvalue weighted by Gasteiger charge is -2.30. The summed E-state index contributed by atoms with van der Waals surface area (Å²) in [5.74, 6) is 1.52. The van der Waals surface area contributed by atoms with Gasteiger partial charge in [0.25, 0.3) is 0 Å². The number of hydrogen-bond donors (Lipinski definition) is 2. The standard InChI is InChI=1S/C25H28ClF3N6O2/c1-13(25(27,28)29)30-10-18-22(26)17-9-16(7-8-19(17)33-23(18)37-6)24(36,20-11-31-14(2)34(20)4)21-12-32-15(3)35(21)5/h7-9,11-13,30,36H,10H2,1-6H3/t13-/m1/s1. The van der Waals surface area contributed by atoms with Crippen LogP contribution in [0.2, 0.25) is 5.02 Å². The SMILES string of the molecule is COc1nc2ccc(C(O)(c3cnc(C)n3C)c3cnc(C)n3C)cc2c(Cl)c1CN[C@H](C)C(F)(F)F. The Balaban J connectivity index is 1.92. The lowest BCUT2D eigenvalue weighted by atomic mass is 9.86. The van der Waals surface area contributed by atoms with Gasteiger partial charge in [0.15, 0.2) is 5.60 Å². The van der Waals surface area contributed by atoms with Crippen molar-refractivity contribution in [1.29, 1.82) is 0 Å². The molecule has 0 saturated carbocycles. The number of alkyl halides is 3. The number of imidazole rings is 2. The summed E-state index contributed by atoms with van der Waals surface area (Å²) in [5.41, 5.74) is 0.537. The fourth-order valence-corrected chi connectivity index (χ4v) is 4.56. The molecule has 4 aromatic rings. The number of pyridine rings is 1. The zero-order valence-corrected chi connectivity index (χ0v) is 22.0. The molecular formula is C25H28ClF3N6O2. The van der Waals surface area contributed by atoms with Gasteiger partial charge in [0.1, 0.15) is 17.7 Å². The molecular weight excluding hydrogens is 509 g/mol. The molecule has 0 bridgehead atoms. The van der Waals surface area contributed by atoms with Crippen LogP contribution in [0.25, 0.3) is 10.9 Å². The second-order valence-corrected chi connectivity index (χ2v) is 9.38. The van der Waals surface area contributed by atoms with E-state index < -0.39 is 17.8 Å². The molecule has 0 aliphatic carbocycles. The number of aliphatic hydroxyl groups is 1. The molecule has 3 heterocycles. The average Bonchev–Trinajstić information content (AvgIpc) is 3.37. The highest BCUT2D eigenvalue weighted by Crippen LogP contribution is 2.40. The zero-order valence-electron chi connectivity index (χ0n) is 21.3. The Hall–Kier alpha value is -3.15. The number of hydrogen-bond acceptors (Lipinski definition) is 6. The highest BCUT2D eigenvalue weighted by molar-refractivity contribution is 6.36. The molecule has 0 unspecified atom stereocenters. The van der Waals surface area contributed by atoms with E-state index in [2.05, 4.69) is 20.3 Å². The second kappa shape index (κ2) is 9.62. The predicted octanol–water partition coefficient (Wildman–Crippen LogP) is 4.31. The second-order valence-electron chi connectivity index (χ2n) is 9.00. The van der Waals surface area contributed by atoms with Crippen molar-refractivity contribution in [2.75, 3.05) is 7.11 Å². The van der Waals surface area contributed by atoms with E-state index in [9.17, 15) is 18.3 Å². The Bertz CT molecular complexity index is 1420. The third kappa shape index (κ3) is 4.55. The molecule has 0 fully saturated rings. The summed E-state index contributed by atoms with van der Waals surface area (Å²) in [5, 5.41) is 15.4. The molecule has 198 valence electrons. The van der Waals surface area contributed by atoms with Crippen LogP contribution in [0.4, 0.5) is 13.2 Å². The first-order chi connectivity index (χ1) is 17.3. The molecule has 8 nitrogen and oxygen atoms in total. The van der Waals surface area contributed by atoms with Crippen LogP contribution < -0.4 is 10.1 Å². The van der Waals surface area contributed by atoms with E-state index in [4.69, 9.17) is 16.3 Å². The molecule has 3 aromatic heterocycles. The number of nitrogens with one attached hydrogen (secondary N) is 1. The van der Waals surface area contributed by atoms with E-state index in [-0.39, 0.29) is 23.0 Å². The van der Waals surface area contributed by atoms with E-state index in [0.717, 1.165) is 6.92 Å². The quantitative estimate of drug-likeness (QED) is 0.366. The summed E-state index contributed by atoms with van der Waals surface area (Å²) < 4.78 is 48.1. The number of aryl methyl sites for hydroxylation is 2. The molecule has 0 aliphatic heterocycles. The van der Waals surface area contributed by atoms with Crippen molar-refractivity contribution in [3.05, 3.63) is 69.8 Å². The number of rotatable bonds is 7. The average molecular weight is 537 g/mol. The first-order valence-corrected chi connectivity index (χ1v) is 11.8. The predicted molar refractivity (Wildman–Crippen MR) is 134 cm³/mol. The minimum Gasteiger partial charge on any atom is -0.481 e. The normalized spacial score (nSPS) is 13.4. The number of ether oxygens (including phenoxy) is 1. The van der Waals surface area contributed by atoms with Crippen LogP contribution >= 0.6 is 11.6 Å². The number of halogens is 4. The number of nitrogens with zero attached hydrogens (tertiary/aromatic N) is 5. The maximum absolute atomic E-state index is 13.1. The van der Waals surface area contributed by atoms with Crippen molar-refractivity contribution < 1.29 is 23.0 Å². The van der Waals surface area contributed by atoms with Crippen molar-refractivity contribution in [1.82, 2.24) is 29.4 Å². The van der Waals surface area contributed by atoms with Gasteiger partial charge in [-0.25, -0.2) is 15.0 Å². The summed E-state index contributed by atoms with van der Waals surface area (Å²) in [4.78, 5) is 13.2. The van der Waals surface area contributed by atoms with Gasteiger partial charge >= 0.3 is 6.18 Å². The van der Waals surface area contributed by atoms with Crippen LogP contribution in [0.1, 0.15) is 41.1 Å². The van der Waals surface area contributed by atoms with Crippen LogP contribution in [0, 0.1) is 13.8 Å². The maximum atomic E-state index is 13.1. The van der Waals surface area contributed by atoms with E-state index in [1.165, 1.54) is 7.11 Å². The first kappa shape index (κ1) is 26.9. The summed E-state index contributed by atoms with van der Waals surface area (Å²) >= 11 is 6.75. The van der Waals surface area contributed by atoms with Gasteiger partial charge in [0.2, 0.25) is 5.88 Å². The molecule has 0 aliphatic rings. The maximum Gasteiger partial charge on any atom is 0.403 e. The van der Waals surface area contributed by atoms with Crippen LogP contribution in [0.5, 0.6) is 5.88 Å². The molecule has 1 aromatic carbocycles. The van der Waals surface area contributed by atoms with Gasteiger partial charge in [-0.05, 0) is 38.5 Å². The Morgan fingerprint density at radius 1 is 1.08 bits per heavy atom. The van der Waals surface area contributed by atoms with Crippen molar-refractivity contribution in [3.8, 4) is 5.88 Å². The third-order valence-electron chi connectivity index (χ3n) is 6.85. The molecule has 0 spiro atoms. The van der Waals surface area contributed by atoms with Gasteiger partial charge in [-0.2, -0.15) is 13.2 Å². The van der Waals surface area contributed by atoms with E-state index >= 15 is 0 Å². The molecule has 2 N–H and O–H groups in total. The van der Waals surface area contributed by atoms with E-state index in [1.54, 1.807) is 53.8 Å². The molecule has 4 rings (SSSR count). The Morgan fingerprint density at radius 2 is 1.65 bits per heavy atom. The largest absolute Gasteiger partial charge is 0.481 e. The van der Waals surface area contributed by atoms with E-state index in [0.29, 0.717) is 39.5 Å². The Labute approximate surface area is 217 Å². The third-order valence-corrected chi connectivity index (χ3v) is 7.28. The van der Waals surface area contributed by atoms with Crippen LogP contribution in [-0.4, -0.2) is 48.5 Å². The Morgan fingerprint density at radius 3 is 2.11 bits per heavy atom. The van der Waals surface area contributed by atoms with Gasteiger partial charge in [0.05, 0.1) is 41.4 Å². The van der Waals surface area contributed by atoms with Crippen molar-refractivity contribution in [3.63, 3.8) is 0 Å². The smallest absolute Gasteiger partial charge is 0.403 e. The van der Waals surface area contributed by atoms with Crippen molar-refractivity contribution >= 4 is 22.5 Å². The molecule has 0 saturated heterocycles. The van der Waals surface area contributed by atoms with Crippen molar-refractivity contribution in [2.45, 2.75) is 45.1 Å². The van der Waals surface area contributed by atoms with Crippen LogP contribution in [0.3, 0.4) is 0 Å². The van der Waals surface area contributed by atoms with Gasteiger partial charge in [-0.1, -0.05) is 17.7 Å². The fourth-order valence-electron chi connectivity index (χ4n) is 4.26. The van der Waals surface area contributed by atoms with Gasteiger partial charge in [0, 0.05) is 31.6 Å². The molecule has 37 heavy (non-hydrogen) atoms. The van der Waals surface area contributed by atoms with Crippen LogP contribution in [0.15, 0.2) is 30.6 Å². The fraction of sp³-hybridized carbons (Fsp3) is 0.400. The lowest BCUT2D eigenvalue weighted by Crippen LogP contribution is -2.39. The molecule has 0 amide bonds. The lowest BCUT2D eigenvalue weighted by molar-refractivity contribution is -0.151. The highest BCUT2D eigenvalue weighted by atomic mass is 35.5. The highest BCUT2D eigenvalue weighted by Gasteiger charge is 2.40.